The third-order valence-electron chi connectivity index (χ3n) is 2.81. The Balaban J connectivity index is 1.83. The van der Waals surface area contributed by atoms with E-state index >= 15 is 0 Å². The number of nitrogens with two attached hydrogens (primary N) is 1. The Hall–Kier alpha value is -1.11. The molecule has 0 radical (unpaired) electrons. The van der Waals surface area contributed by atoms with Gasteiger partial charge in [0, 0.05) is 16.5 Å². The van der Waals surface area contributed by atoms with Crippen LogP contribution in [0.5, 0.6) is 0 Å². The zero-order chi connectivity index (χ0) is 12.5. The molecule has 94 valence electrons. The van der Waals surface area contributed by atoms with E-state index in [0.717, 1.165) is 28.5 Å². The van der Waals surface area contributed by atoms with E-state index in [0.29, 0.717) is 17.6 Å². The number of rotatable bonds is 4. The van der Waals surface area contributed by atoms with Crippen LogP contribution in [0.3, 0.4) is 0 Å². The summed E-state index contributed by atoms with van der Waals surface area (Å²) in [6.07, 6.45) is 2.32. The second-order valence-electron chi connectivity index (χ2n) is 4.20. The molecule has 0 aliphatic heterocycles. The first-order chi connectivity index (χ1) is 8.78. The number of halogens is 1. The largest absolute Gasteiger partial charge is 0.326 e. The van der Waals surface area contributed by atoms with Crippen molar-refractivity contribution in [1.82, 2.24) is 20.2 Å². The lowest BCUT2D eigenvalue weighted by Crippen LogP contribution is -1.99. The van der Waals surface area contributed by atoms with Crippen LogP contribution in [0, 0.1) is 0 Å². The van der Waals surface area contributed by atoms with E-state index < -0.39 is 0 Å². The van der Waals surface area contributed by atoms with E-state index in [4.69, 9.17) is 17.3 Å². The highest BCUT2D eigenvalue weighted by atomic mass is 35.5. The van der Waals surface area contributed by atoms with E-state index in [1.165, 1.54) is 11.8 Å². The summed E-state index contributed by atoms with van der Waals surface area (Å²) in [5.41, 5.74) is 6.53. The number of hydrogen-bond donors (Lipinski definition) is 1. The Morgan fingerprint density at radius 2 is 2.28 bits per heavy atom. The minimum Gasteiger partial charge on any atom is -0.326 e. The van der Waals surface area contributed by atoms with Crippen molar-refractivity contribution in [2.75, 3.05) is 0 Å². The van der Waals surface area contributed by atoms with Crippen molar-refractivity contribution in [3.63, 3.8) is 0 Å². The van der Waals surface area contributed by atoms with Crippen molar-refractivity contribution in [1.29, 1.82) is 0 Å². The maximum atomic E-state index is 6.13. The lowest BCUT2D eigenvalue weighted by Gasteiger charge is -2.05. The maximum Gasteiger partial charge on any atom is 0.214 e. The van der Waals surface area contributed by atoms with Gasteiger partial charge in [-0.15, -0.1) is 5.10 Å². The first-order valence-corrected chi connectivity index (χ1v) is 6.91. The van der Waals surface area contributed by atoms with Gasteiger partial charge in [0.1, 0.15) is 0 Å². The van der Waals surface area contributed by atoms with E-state index in [2.05, 4.69) is 15.5 Å². The van der Waals surface area contributed by atoms with Crippen molar-refractivity contribution in [2.24, 2.45) is 5.73 Å². The molecule has 0 unspecified atom stereocenters. The SMILES string of the molecule is NCc1ccc(Sc2nnnn2C2CC2)cc1Cl. The highest BCUT2D eigenvalue weighted by Crippen LogP contribution is 2.38. The number of aromatic nitrogens is 4. The van der Waals surface area contributed by atoms with Crippen LogP contribution in [0.2, 0.25) is 5.02 Å². The van der Waals surface area contributed by atoms with Gasteiger partial charge >= 0.3 is 0 Å². The number of nitrogens with zero attached hydrogens (tertiary/aromatic N) is 4. The van der Waals surface area contributed by atoms with Gasteiger partial charge < -0.3 is 5.73 Å². The molecule has 2 aromatic rings. The van der Waals surface area contributed by atoms with Crippen molar-refractivity contribution in [3.8, 4) is 0 Å². The molecule has 1 aromatic heterocycles. The highest BCUT2D eigenvalue weighted by Gasteiger charge is 2.28. The fourth-order valence-corrected chi connectivity index (χ4v) is 2.87. The molecule has 1 heterocycles. The van der Waals surface area contributed by atoms with E-state index in [1.807, 2.05) is 22.9 Å². The summed E-state index contributed by atoms with van der Waals surface area (Å²) in [5, 5.41) is 13.3. The predicted molar refractivity (Wildman–Crippen MR) is 69.6 cm³/mol. The Morgan fingerprint density at radius 1 is 1.44 bits per heavy atom. The fourth-order valence-electron chi connectivity index (χ4n) is 1.66. The molecule has 0 atom stereocenters. The topological polar surface area (TPSA) is 69.6 Å². The number of benzene rings is 1. The third kappa shape index (κ3) is 2.36. The predicted octanol–water partition coefficient (Wildman–Crippen LogP) is 2.27. The summed E-state index contributed by atoms with van der Waals surface area (Å²) in [7, 11) is 0. The van der Waals surface area contributed by atoms with Gasteiger partial charge in [0.2, 0.25) is 5.16 Å². The smallest absolute Gasteiger partial charge is 0.214 e. The molecule has 1 saturated carbocycles. The molecule has 0 amide bonds. The van der Waals surface area contributed by atoms with Gasteiger partial charge in [0.05, 0.1) is 6.04 Å². The molecule has 0 saturated heterocycles. The Labute approximate surface area is 114 Å². The molecule has 7 heteroatoms. The summed E-state index contributed by atoms with van der Waals surface area (Å²) in [6.45, 7) is 0.448. The van der Waals surface area contributed by atoms with Crippen LogP contribution in [0.15, 0.2) is 28.3 Å². The summed E-state index contributed by atoms with van der Waals surface area (Å²) < 4.78 is 1.88. The van der Waals surface area contributed by atoms with E-state index in [9.17, 15) is 0 Å². The maximum absolute atomic E-state index is 6.13. The van der Waals surface area contributed by atoms with Gasteiger partial charge in [-0.1, -0.05) is 17.7 Å². The molecular formula is C11H12ClN5S. The molecule has 1 fully saturated rings. The molecule has 3 rings (SSSR count). The molecule has 0 bridgehead atoms. The highest BCUT2D eigenvalue weighted by molar-refractivity contribution is 7.99. The van der Waals surface area contributed by atoms with Gasteiger partial charge in [-0.2, -0.15) is 0 Å². The Kier molecular flexibility index (Phi) is 3.23. The monoisotopic (exact) mass is 281 g/mol. The van der Waals surface area contributed by atoms with Crippen LogP contribution in [0.1, 0.15) is 24.4 Å². The minimum atomic E-state index is 0.448. The average Bonchev–Trinajstić information content (AvgIpc) is 3.11. The van der Waals surface area contributed by atoms with Crippen LogP contribution in [0.25, 0.3) is 0 Å². The minimum absolute atomic E-state index is 0.448. The molecule has 2 N–H and O–H groups in total. The lowest BCUT2D eigenvalue weighted by molar-refractivity contribution is 0.565. The molecule has 18 heavy (non-hydrogen) atoms. The van der Waals surface area contributed by atoms with Crippen LogP contribution < -0.4 is 5.73 Å². The normalized spacial score (nSPS) is 15.0. The summed E-state index contributed by atoms with van der Waals surface area (Å²) in [5.74, 6) is 0. The average molecular weight is 282 g/mol. The van der Waals surface area contributed by atoms with Crippen molar-refractivity contribution in [2.45, 2.75) is 35.5 Å². The Bertz CT molecular complexity index is 566. The zero-order valence-corrected chi connectivity index (χ0v) is 11.2. The standard InChI is InChI=1S/C11H12ClN5S/c12-10-5-9(4-1-7(10)6-13)18-11-14-15-16-17(11)8-2-3-8/h1,4-5,8H,2-3,6,13H2. The summed E-state index contributed by atoms with van der Waals surface area (Å²) in [4.78, 5) is 1.02. The van der Waals surface area contributed by atoms with E-state index in [1.54, 1.807) is 0 Å². The number of hydrogen-bond acceptors (Lipinski definition) is 5. The molecule has 1 aliphatic rings. The van der Waals surface area contributed by atoms with Crippen molar-refractivity contribution >= 4 is 23.4 Å². The third-order valence-corrected chi connectivity index (χ3v) is 4.10. The van der Waals surface area contributed by atoms with Crippen LogP contribution in [0.4, 0.5) is 0 Å². The fraction of sp³-hybridized carbons (Fsp3) is 0.364. The summed E-state index contributed by atoms with van der Waals surface area (Å²) >= 11 is 7.66. The second-order valence-corrected chi connectivity index (χ2v) is 5.64. The van der Waals surface area contributed by atoms with Crippen molar-refractivity contribution in [3.05, 3.63) is 28.8 Å². The zero-order valence-electron chi connectivity index (χ0n) is 9.58. The van der Waals surface area contributed by atoms with Crippen LogP contribution in [-0.2, 0) is 6.54 Å². The van der Waals surface area contributed by atoms with Crippen LogP contribution in [-0.4, -0.2) is 20.2 Å². The Morgan fingerprint density at radius 3 is 2.94 bits per heavy atom. The quantitative estimate of drug-likeness (QED) is 0.931. The molecule has 1 aromatic carbocycles. The van der Waals surface area contributed by atoms with E-state index in [-0.39, 0.29) is 0 Å². The molecule has 1 aliphatic carbocycles. The molecule has 0 spiro atoms. The lowest BCUT2D eigenvalue weighted by atomic mass is 10.2. The molecule has 5 nitrogen and oxygen atoms in total. The first-order valence-electron chi connectivity index (χ1n) is 5.72. The van der Waals surface area contributed by atoms with Gasteiger partial charge in [0.25, 0.3) is 0 Å². The van der Waals surface area contributed by atoms with Crippen molar-refractivity contribution < 1.29 is 0 Å². The second kappa shape index (κ2) is 4.87. The number of tetrazole rings is 1. The van der Waals surface area contributed by atoms with Gasteiger partial charge in [-0.05, 0) is 52.7 Å². The van der Waals surface area contributed by atoms with Crippen LogP contribution >= 0.6 is 23.4 Å². The van der Waals surface area contributed by atoms with Gasteiger partial charge in [-0.25, -0.2) is 4.68 Å². The summed E-state index contributed by atoms with van der Waals surface area (Å²) in [6, 6.07) is 6.31. The van der Waals surface area contributed by atoms with Gasteiger partial charge in [0.15, 0.2) is 0 Å². The molecular weight excluding hydrogens is 270 g/mol. The van der Waals surface area contributed by atoms with Gasteiger partial charge in [-0.3, -0.25) is 0 Å². The first kappa shape index (κ1) is 12.0.